The van der Waals surface area contributed by atoms with Crippen molar-refractivity contribution >= 4 is 0 Å². The van der Waals surface area contributed by atoms with E-state index in [4.69, 9.17) is 4.42 Å². The third kappa shape index (κ3) is 2.33. The lowest BCUT2D eigenvalue weighted by Crippen LogP contribution is -2.20. The van der Waals surface area contributed by atoms with Crippen LogP contribution in [0.5, 0.6) is 0 Å². The third-order valence-electron chi connectivity index (χ3n) is 2.82. The van der Waals surface area contributed by atoms with Gasteiger partial charge in [-0.2, -0.15) is 5.10 Å². The molecule has 2 heterocycles. The molecule has 0 spiro atoms. The van der Waals surface area contributed by atoms with Crippen molar-refractivity contribution in [3.05, 3.63) is 42.1 Å². The van der Waals surface area contributed by atoms with E-state index in [1.54, 1.807) is 6.26 Å². The maximum Gasteiger partial charge on any atom is 0.103 e. The van der Waals surface area contributed by atoms with Crippen LogP contribution in [0.25, 0.3) is 0 Å². The predicted molar refractivity (Wildman–Crippen MR) is 62.0 cm³/mol. The summed E-state index contributed by atoms with van der Waals surface area (Å²) in [5.41, 5.74) is 1.20. The molecule has 4 nitrogen and oxygen atoms in total. The van der Waals surface area contributed by atoms with Gasteiger partial charge >= 0.3 is 0 Å². The largest absolute Gasteiger partial charge is 0.469 e. The van der Waals surface area contributed by atoms with Crippen LogP contribution in [0.1, 0.15) is 23.9 Å². The van der Waals surface area contributed by atoms with E-state index in [1.165, 1.54) is 5.69 Å². The number of nitrogens with zero attached hydrogens (tertiary/aromatic N) is 2. The van der Waals surface area contributed by atoms with E-state index in [0.717, 1.165) is 18.6 Å². The molecule has 4 heteroatoms. The Hall–Kier alpha value is -1.55. The summed E-state index contributed by atoms with van der Waals surface area (Å²) in [6, 6.07) is 6.30. The average molecular weight is 219 g/mol. The molecule has 1 unspecified atom stereocenters. The molecule has 0 bridgehead atoms. The Bertz CT molecular complexity index is 419. The van der Waals surface area contributed by atoms with Gasteiger partial charge in [-0.25, -0.2) is 0 Å². The van der Waals surface area contributed by atoms with E-state index in [0.29, 0.717) is 6.04 Å². The lowest BCUT2D eigenvalue weighted by Gasteiger charge is -2.15. The van der Waals surface area contributed by atoms with Crippen LogP contribution in [0, 0.1) is 0 Å². The molecular weight excluding hydrogens is 202 g/mol. The van der Waals surface area contributed by atoms with Crippen LogP contribution in [0.15, 0.2) is 35.1 Å². The van der Waals surface area contributed by atoms with Crippen LogP contribution in [0.2, 0.25) is 0 Å². The lowest BCUT2D eigenvalue weighted by molar-refractivity contribution is 0.455. The first kappa shape index (κ1) is 11.0. The third-order valence-corrected chi connectivity index (χ3v) is 2.82. The summed E-state index contributed by atoms with van der Waals surface area (Å²) in [4.78, 5) is 0. The molecule has 0 aliphatic heterocycles. The Kier molecular flexibility index (Phi) is 3.41. The van der Waals surface area contributed by atoms with Crippen LogP contribution in [-0.4, -0.2) is 16.8 Å². The van der Waals surface area contributed by atoms with Gasteiger partial charge in [-0.3, -0.25) is 4.68 Å². The molecule has 0 aliphatic carbocycles. The minimum Gasteiger partial charge on any atom is -0.469 e. The summed E-state index contributed by atoms with van der Waals surface area (Å²) in [5, 5.41) is 7.49. The van der Waals surface area contributed by atoms with Gasteiger partial charge in [0.2, 0.25) is 0 Å². The topological polar surface area (TPSA) is 43.0 Å². The molecule has 16 heavy (non-hydrogen) atoms. The normalized spacial score (nSPS) is 12.9. The van der Waals surface area contributed by atoms with Gasteiger partial charge in [-0.05, 0) is 31.7 Å². The Labute approximate surface area is 95.3 Å². The summed E-state index contributed by atoms with van der Waals surface area (Å²) in [7, 11) is 3.94. The first-order valence-electron chi connectivity index (χ1n) is 5.49. The van der Waals surface area contributed by atoms with E-state index in [1.807, 2.05) is 43.2 Å². The lowest BCUT2D eigenvalue weighted by atomic mass is 10.1. The Morgan fingerprint density at radius 1 is 1.50 bits per heavy atom. The van der Waals surface area contributed by atoms with Crippen LogP contribution in [0.3, 0.4) is 0 Å². The number of furan rings is 1. The number of aryl methyl sites for hydroxylation is 2. The van der Waals surface area contributed by atoms with E-state index >= 15 is 0 Å². The molecule has 1 N–H and O–H groups in total. The zero-order chi connectivity index (χ0) is 11.4. The second-order valence-electron chi connectivity index (χ2n) is 3.84. The van der Waals surface area contributed by atoms with Gasteiger partial charge in [0.25, 0.3) is 0 Å². The zero-order valence-electron chi connectivity index (χ0n) is 9.68. The van der Waals surface area contributed by atoms with Gasteiger partial charge in [0.1, 0.15) is 5.76 Å². The molecule has 2 rings (SSSR count). The summed E-state index contributed by atoms with van der Waals surface area (Å²) in [6.45, 7) is 0. The second kappa shape index (κ2) is 4.99. The Morgan fingerprint density at radius 3 is 2.94 bits per heavy atom. The van der Waals surface area contributed by atoms with Gasteiger partial charge in [0.15, 0.2) is 0 Å². The predicted octanol–water partition coefficient (Wildman–Crippen LogP) is 1.91. The smallest absolute Gasteiger partial charge is 0.103 e. The fraction of sp³-hybridized carbons (Fsp3) is 0.417. The molecule has 0 amide bonds. The Morgan fingerprint density at radius 2 is 2.38 bits per heavy atom. The highest BCUT2D eigenvalue weighted by atomic mass is 16.3. The standard InChI is InChI=1S/C12H17N3O/c1-13-11(12-7-8-14-15(12)2)6-5-10-4-3-9-16-10/h3-4,7-9,11,13H,5-6H2,1-2H3. The fourth-order valence-corrected chi connectivity index (χ4v) is 1.91. The summed E-state index contributed by atoms with van der Waals surface area (Å²) >= 11 is 0. The van der Waals surface area contributed by atoms with E-state index in [-0.39, 0.29) is 0 Å². The highest BCUT2D eigenvalue weighted by Crippen LogP contribution is 2.18. The van der Waals surface area contributed by atoms with Gasteiger partial charge in [0.05, 0.1) is 12.0 Å². The molecular formula is C12H17N3O. The molecule has 1 atom stereocenters. The zero-order valence-corrected chi connectivity index (χ0v) is 9.68. The van der Waals surface area contributed by atoms with Crippen molar-refractivity contribution in [3.8, 4) is 0 Å². The second-order valence-corrected chi connectivity index (χ2v) is 3.84. The highest BCUT2D eigenvalue weighted by molar-refractivity contribution is 5.08. The molecule has 0 saturated heterocycles. The number of nitrogens with one attached hydrogen (secondary N) is 1. The quantitative estimate of drug-likeness (QED) is 0.835. The maximum absolute atomic E-state index is 5.33. The molecule has 0 fully saturated rings. The Balaban J connectivity index is 1.99. The van der Waals surface area contributed by atoms with Crippen LogP contribution < -0.4 is 5.32 Å². The summed E-state index contributed by atoms with van der Waals surface area (Å²) < 4.78 is 7.23. The number of rotatable bonds is 5. The fourth-order valence-electron chi connectivity index (χ4n) is 1.91. The van der Waals surface area contributed by atoms with Crippen molar-refractivity contribution in [2.24, 2.45) is 7.05 Å². The molecule has 0 aromatic carbocycles. The van der Waals surface area contributed by atoms with E-state index < -0.39 is 0 Å². The molecule has 86 valence electrons. The monoisotopic (exact) mass is 219 g/mol. The van der Waals surface area contributed by atoms with Crippen molar-refractivity contribution in [2.45, 2.75) is 18.9 Å². The van der Waals surface area contributed by atoms with Crippen LogP contribution in [0.4, 0.5) is 0 Å². The van der Waals surface area contributed by atoms with Crippen molar-refractivity contribution < 1.29 is 4.42 Å². The minimum absolute atomic E-state index is 0.317. The van der Waals surface area contributed by atoms with Crippen molar-refractivity contribution in [3.63, 3.8) is 0 Å². The number of aromatic nitrogens is 2. The van der Waals surface area contributed by atoms with E-state index in [2.05, 4.69) is 10.4 Å². The summed E-state index contributed by atoms with van der Waals surface area (Å²) in [6.07, 6.45) is 5.48. The first-order valence-corrected chi connectivity index (χ1v) is 5.49. The molecule has 0 aliphatic rings. The van der Waals surface area contributed by atoms with Crippen molar-refractivity contribution in [2.75, 3.05) is 7.05 Å². The molecule has 0 saturated carbocycles. The SMILES string of the molecule is CNC(CCc1ccco1)c1ccnn1C. The molecule has 2 aromatic rings. The number of hydrogen-bond donors (Lipinski definition) is 1. The van der Waals surface area contributed by atoms with Crippen molar-refractivity contribution in [1.29, 1.82) is 0 Å². The summed E-state index contributed by atoms with van der Waals surface area (Å²) in [5.74, 6) is 1.03. The first-order chi connectivity index (χ1) is 7.81. The number of hydrogen-bond acceptors (Lipinski definition) is 3. The molecule has 2 aromatic heterocycles. The van der Waals surface area contributed by atoms with Gasteiger partial charge in [0, 0.05) is 25.7 Å². The van der Waals surface area contributed by atoms with Crippen LogP contribution in [-0.2, 0) is 13.5 Å². The van der Waals surface area contributed by atoms with Gasteiger partial charge in [-0.15, -0.1) is 0 Å². The highest BCUT2D eigenvalue weighted by Gasteiger charge is 2.13. The van der Waals surface area contributed by atoms with Crippen LogP contribution >= 0.6 is 0 Å². The van der Waals surface area contributed by atoms with Gasteiger partial charge < -0.3 is 9.73 Å². The maximum atomic E-state index is 5.33. The minimum atomic E-state index is 0.317. The van der Waals surface area contributed by atoms with Gasteiger partial charge in [-0.1, -0.05) is 0 Å². The van der Waals surface area contributed by atoms with E-state index in [9.17, 15) is 0 Å². The molecule has 0 radical (unpaired) electrons. The van der Waals surface area contributed by atoms with Crippen molar-refractivity contribution in [1.82, 2.24) is 15.1 Å². The average Bonchev–Trinajstić information content (AvgIpc) is 2.92.